The molecule has 4 heteroatoms. The number of hydrogen-bond acceptors (Lipinski definition) is 4. The lowest BCUT2D eigenvalue weighted by Crippen LogP contribution is -2.09. The average Bonchev–Trinajstić information content (AvgIpc) is 3.04. The third-order valence-electron chi connectivity index (χ3n) is 1.92. The molecule has 1 rings (SSSR count). The van der Waals surface area contributed by atoms with Crippen LogP contribution in [0.2, 0.25) is 0 Å². The molecule has 0 bridgehead atoms. The van der Waals surface area contributed by atoms with Crippen LogP contribution in [0.1, 0.15) is 13.3 Å². The summed E-state index contributed by atoms with van der Waals surface area (Å²) in [6.07, 6.45) is 4.49. The van der Waals surface area contributed by atoms with Gasteiger partial charge < -0.3 is 14.2 Å². The van der Waals surface area contributed by atoms with E-state index in [0.29, 0.717) is 18.3 Å². The molecule has 0 spiro atoms. The van der Waals surface area contributed by atoms with Crippen molar-refractivity contribution in [2.24, 2.45) is 0 Å². The van der Waals surface area contributed by atoms with E-state index in [4.69, 9.17) is 14.2 Å². The van der Waals surface area contributed by atoms with E-state index in [2.05, 4.69) is 6.58 Å². The van der Waals surface area contributed by atoms with E-state index >= 15 is 0 Å². The van der Waals surface area contributed by atoms with Crippen molar-refractivity contribution in [3.05, 3.63) is 24.3 Å². The molecule has 1 heterocycles. The highest BCUT2D eigenvalue weighted by molar-refractivity contribution is 5.87. The number of hydrogen-bond donors (Lipinski definition) is 0. The Morgan fingerprint density at radius 1 is 1.67 bits per heavy atom. The van der Waals surface area contributed by atoms with Gasteiger partial charge in [-0.2, -0.15) is 0 Å². The van der Waals surface area contributed by atoms with Gasteiger partial charge in [-0.25, -0.2) is 4.79 Å². The van der Waals surface area contributed by atoms with Crippen LogP contribution in [0.15, 0.2) is 24.3 Å². The molecule has 15 heavy (non-hydrogen) atoms. The molecule has 1 aliphatic heterocycles. The first kappa shape index (κ1) is 11.9. The molecule has 1 unspecified atom stereocenters. The molecule has 0 radical (unpaired) electrons. The van der Waals surface area contributed by atoms with Crippen LogP contribution < -0.4 is 0 Å². The summed E-state index contributed by atoms with van der Waals surface area (Å²) < 4.78 is 14.8. The summed E-state index contributed by atoms with van der Waals surface area (Å²) >= 11 is 0. The predicted molar refractivity (Wildman–Crippen MR) is 55.2 cm³/mol. The van der Waals surface area contributed by atoms with E-state index < -0.39 is 0 Å². The van der Waals surface area contributed by atoms with Crippen molar-refractivity contribution >= 4 is 5.97 Å². The molecule has 1 aliphatic rings. The van der Waals surface area contributed by atoms with Crippen LogP contribution in [0.4, 0.5) is 0 Å². The summed E-state index contributed by atoms with van der Waals surface area (Å²) in [5, 5.41) is 0. The normalized spacial score (nSPS) is 19.8. The van der Waals surface area contributed by atoms with Crippen LogP contribution in [0.25, 0.3) is 0 Å². The Hall–Kier alpha value is -1.13. The van der Waals surface area contributed by atoms with E-state index in [-0.39, 0.29) is 12.8 Å². The summed E-state index contributed by atoms with van der Waals surface area (Å²) in [7, 11) is 0. The number of carbonyl (C=O) groups is 1. The molecular formula is C11H16O4. The summed E-state index contributed by atoms with van der Waals surface area (Å²) in [5.41, 5.74) is 0.590. The lowest BCUT2D eigenvalue weighted by Gasteiger charge is -2.04. The Morgan fingerprint density at radius 3 is 3.00 bits per heavy atom. The van der Waals surface area contributed by atoms with Gasteiger partial charge in [-0.1, -0.05) is 12.2 Å². The Balaban J connectivity index is 2.13. The molecule has 0 saturated carbocycles. The molecule has 84 valence electrons. The largest absolute Gasteiger partial charge is 0.435 e. The van der Waals surface area contributed by atoms with E-state index in [1.165, 1.54) is 0 Å². The summed E-state index contributed by atoms with van der Waals surface area (Å²) in [6.45, 7) is 6.34. The van der Waals surface area contributed by atoms with Gasteiger partial charge in [0.25, 0.3) is 0 Å². The molecule has 0 N–H and O–H groups in total. The Kier molecular flexibility index (Phi) is 5.07. The molecule has 0 aliphatic carbocycles. The summed E-state index contributed by atoms with van der Waals surface area (Å²) in [5.74, 6) is -0.347. The summed E-state index contributed by atoms with van der Waals surface area (Å²) in [6, 6.07) is 0. The first-order valence-electron chi connectivity index (χ1n) is 4.88. The van der Waals surface area contributed by atoms with Crippen LogP contribution in [0, 0.1) is 0 Å². The molecule has 0 amide bonds. The van der Waals surface area contributed by atoms with Gasteiger partial charge in [-0.05, 0) is 13.3 Å². The van der Waals surface area contributed by atoms with Gasteiger partial charge in [0.05, 0.1) is 19.3 Å². The lowest BCUT2D eigenvalue weighted by atomic mass is 10.2. The van der Waals surface area contributed by atoms with Crippen molar-refractivity contribution in [1.29, 1.82) is 0 Å². The zero-order valence-electron chi connectivity index (χ0n) is 8.90. The van der Waals surface area contributed by atoms with Crippen molar-refractivity contribution in [3.63, 3.8) is 0 Å². The van der Waals surface area contributed by atoms with Crippen molar-refractivity contribution < 1.29 is 19.0 Å². The van der Waals surface area contributed by atoms with E-state index in [0.717, 1.165) is 13.0 Å². The first-order chi connectivity index (χ1) is 7.24. The Labute approximate surface area is 89.5 Å². The number of esters is 1. The SMILES string of the molecule is C=CCOCOC(=O)C(C)=CCC1CO1. The minimum Gasteiger partial charge on any atom is -0.435 e. The maximum atomic E-state index is 11.3. The monoisotopic (exact) mass is 212 g/mol. The van der Waals surface area contributed by atoms with Crippen molar-refractivity contribution in [3.8, 4) is 0 Å². The van der Waals surface area contributed by atoms with E-state index in [9.17, 15) is 4.79 Å². The molecule has 1 saturated heterocycles. The van der Waals surface area contributed by atoms with Gasteiger partial charge in [-0.3, -0.25) is 0 Å². The molecule has 1 fully saturated rings. The first-order valence-corrected chi connectivity index (χ1v) is 4.88. The maximum absolute atomic E-state index is 11.3. The zero-order chi connectivity index (χ0) is 11.1. The van der Waals surface area contributed by atoms with Crippen LogP contribution in [-0.2, 0) is 19.0 Å². The second-order valence-electron chi connectivity index (χ2n) is 3.29. The van der Waals surface area contributed by atoms with Gasteiger partial charge in [0.1, 0.15) is 0 Å². The van der Waals surface area contributed by atoms with E-state index in [1.54, 1.807) is 13.0 Å². The smallest absolute Gasteiger partial charge is 0.335 e. The van der Waals surface area contributed by atoms with E-state index in [1.807, 2.05) is 6.08 Å². The minimum atomic E-state index is -0.347. The minimum absolute atomic E-state index is 0.0318. The number of carbonyl (C=O) groups excluding carboxylic acids is 1. The molecule has 1 atom stereocenters. The van der Waals surface area contributed by atoms with Gasteiger partial charge >= 0.3 is 5.97 Å². The van der Waals surface area contributed by atoms with Gasteiger partial charge in [0, 0.05) is 5.57 Å². The zero-order valence-corrected chi connectivity index (χ0v) is 8.90. The highest BCUT2D eigenvalue weighted by Crippen LogP contribution is 2.15. The quantitative estimate of drug-likeness (QED) is 0.160. The number of epoxide rings is 1. The predicted octanol–water partition coefficient (Wildman–Crippen LogP) is 1.42. The Morgan fingerprint density at radius 2 is 2.40 bits per heavy atom. The van der Waals surface area contributed by atoms with Crippen molar-refractivity contribution in [2.45, 2.75) is 19.4 Å². The highest BCUT2D eigenvalue weighted by atomic mass is 16.7. The second kappa shape index (κ2) is 6.37. The molecule has 4 nitrogen and oxygen atoms in total. The van der Waals surface area contributed by atoms with Gasteiger partial charge in [0.2, 0.25) is 0 Å². The molecule has 0 aromatic rings. The fourth-order valence-corrected chi connectivity index (χ4v) is 0.936. The molecule has 0 aromatic heterocycles. The van der Waals surface area contributed by atoms with Crippen LogP contribution in [0.5, 0.6) is 0 Å². The fraction of sp³-hybridized carbons (Fsp3) is 0.545. The van der Waals surface area contributed by atoms with Gasteiger partial charge in [-0.15, -0.1) is 6.58 Å². The second-order valence-corrected chi connectivity index (χ2v) is 3.29. The third kappa shape index (κ3) is 5.34. The number of rotatable bonds is 7. The number of ether oxygens (including phenoxy) is 3. The average molecular weight is 212 g/mol. The molecule has 0 aromatic carbocycles. The highest BCUT2D eigenvalue weighted by Gasteiger charge is 2.21. The van der Waals surface area contributed by atoms with Crippen LogP contribution in [-0.4, -0.2) is 32.1 Å². The molecular weight excluding hydrogens is 196 g/mol. The Bertz CT molecular complexity index is 253. The lowest BCUT2D eigenvalue weighted by molar-refractivity contribution is -0.150. The third-order valence-corrected chi connectivity index (χ3v) is 1.92. The van der Waals surface area contributed by atoms with Crippen LogP contribution >= 0.6 is 0 Å². The maximum Gasteiger partial charge on any atom is 0.335 e. The summed E-state index contributed by atoms with van der Waals surface area (Å²) in [4.78, 5) is 11.3. The standard InChI is InChI=1S/C11H16O4/c1-3-6-13-8-15-11(12)9(2)4-5-10-7-14-10/h3-4,10H,1,5-8H2,2H3. The fourth-order valence-electron chi connectivity index (χ4n) is 0.936. The van der Waals surface area contributed by atoms with Crippen molar-refractivity contribution in [2.75, 3.05) is 20.0 Å². The topological polar surface area (TPSA) is 48.1 Å². The van der Waals surface area contributed by atoms with Crippen molar-refractivity contribution in [1.82, 2.24) is 0 Å². The van der Waals surface area contributed by atoms with Crippen LogP contribution in [0.3, 0.4) is 0 Å². The van der Waals surface area contributed by atoms with Gasteiger partial charge in [0.15, 0.2) is 6.79 Å².